The highest BCUT2D eigenvalue weighted by Crippen LogP contribution is 2.27. The topological polar surface area (TPSA) is 69.4 Å². The van der Waals surface area contributed by atoms with Gasteiger partial charge in [-0.1, -0.05) is 36.4 Å². The number of nitrogens with one attached hydrogen (secondary N) is 3. The van der Waals surface area contributed by atoms with E-state index >= 15 is 0 Å². The first-order chi connectivity index (χ1) is 13.6. The number of fused-ring (bicyclic) bond motifs is 1. The molecule has 6 nitrogen and oxygen atoms in total. The lowest BCUT2D eigenvalue weighted by molar-refractivity contribution is 0.232. The van der Waals surface area contributed by atoms with Crippen molar-refractivity contribution in [2.45, 2.75) is 12.5 Å². The number of likely N-dealkylation sites (N-methyl/N-ethyl adjacent to an activating group) is 1. The van der Waals surface area contributed by atoms with Gasteiger partial charge in [-0.25, -0.2) is 4.79 Å². The van der Waals surface area contributed by atoms with E-state index in [1.54, 1.807) is 7.11 Å². The lowest BCUT2D eigenvalue weighted by atomic mass is 10.0. The second-order valence-electron chi connectivity index (χ2n) is 6.97. The Morgan fingerprint density at radius 3 is 2.64 bits per heavy atom. The molecular formula is C22H28N4O2. The van der Waals surface area contributed by atoms with Crippen molar-refractivity contribution in [3.8, 4) is 5.75 Å². The van der Waals surface area contributed by atoms with Crippen LogP contribution in [0.4, 0.5) is 4.79 Å². The molecule has 0 radical (unpaired) electrons. The lowest BCUT2D eigenvalue weighted by Crippen LogP contribution is -2.41. The molecule has 0 aliphatic rings. The number of ether oxygens (including phenoxy) is 1. The zero-order valence-electron chi connectivity index (χ0n) is 16.7. The van der Waals surface area contributed by atoms with E-state index in [-0.39, 0.29) is 12.1 Å². The van der Waals surface area contributed by atoms with Crippen molar-refractivity contribution in [2.24, 2.45) is 0 Å². The predicted molar refractivity (Wildman–Crippen MR) is 113 cm³/mol. The minimum Gasteiger partial charge on any atom is -0.496 e. The van der Waals surface area contributed by atoms with Gasteiger partial charge in [0.15, 0.2) is 0 Å². The molecule has 6 heteroatoms. The van der Waals surface area contributed by atoms with Gasteiger partial charge < -0.3 is 25.3 Å². The van der Waals surface area contributed by atoms with E-state index in [0.717, 1.165) is 23.3 Å². The number of methoxy groups -OCH3 is 1. The molecule has 28 heavy (non-hydrogen) atoms. The molecule has 0 aliphatic carbocycles. The standard InChI is InChI=1S/C22H28N4O2/c1-26(2)20(18-9-5-7-11-21(18)28-3)15-25-22(27)23-13-12-16-14-24-19-10-6-4-8-17(16)19/h4-11,14,20,24H,12-13,15H2,1-3H3,(H2,23,25,27). The third kappa shape index (κ3) is 4.64. The van der Waals surface area contributed by atoms with Crippen molar-refractivity contribution < 1.29 is 9.53 Å². The predicted octanol–water partition coefficient (Wildman–Crippen LogP) is 3.32. The average Bonchev–Trinajstić information content (AvgIpc) is 3.11. The minimum atomic E-state index is -0.165. The van der Waals surface area contributed by atoms with Crippen LogP contribution in [0.3, 0.4) is 0 Å². The highest BCUT2D eigenvalue weighted by atomic mass is 16.5. The maximum absolute atomic E-state index is 12.3. The van der Waals surface area contributed by atoms with Crippen LogP contribution >= 0.6 is 0 Å². The second kappa shape index (κ2) is 9.28. The number of carbonyl (C=O) groups is 1. The number of para-hydroxylation sites is 2. The Bertz CT molecular complexity index is 920. The fourth-order valence-corrected chi connectivity index (χ4v) is 3.41. The Morgan fingerprint density at radius 2 is 1.86 bits per heavy atom. The molecule has 0 saturated heterocycles. The molecule has 1 atom stereocenters. The summed E-state index contributed by atoms with van der Waals surface area (Å²) >= 11 is 0. The SMILES string of the molecule is COc1ccccc1C(CNC(=O)NCCc1c[nH]c2ccccc12)N(C)C. The summed E-state index contributed by atoms with van der Waals surface area (Å²) < 4.78 is 5.47. The molecule has 148 valence electrons. The van der Waals surface area contributed by atoms with E-state index in [9.17, 15) is 4.79 Å². The van der Waals surface area contributed by atoms with E-state index in [4.69, 9.17) is 4.74 Å². The third-order valence-corrected chi connectivity index (χ3v) is 4.93. The molecule has 1 aromatic heterocycles. The Labute approximate surface area is 165 Å². The third-order valence-electron chi connectivity index (χ3n) is 4.93. The molecule has 1 heterocycles. The molecule has 0 fully saturated rings. The summed E-state index contributed by atoms with van der Waals surface area (Å²) in [6.45, 7) is 1.07. The largest absolute Gasteiger partial charge is 0.496 e. The molecule has 0 aliphatic heterocycles. The van der Waals surface area contributed by atoms with Gasteiger partial charge in [0, 0.05) is 35.8 Å². The van der Waals surface area contributed by atoms with Crippen LogP contribution in [0, 0.1) is 0 Å². The van der Waals surface area contributed by atoms with Gasteiger partial charge in [-0.2, -0.15) is 0 Å². The van der Waals surface area contributed by atoms with Crippen LogP contribution in [0.5, 0.6) is 5.75 Å². The number of hydrogen-bond donors (Lipinski definition) is 3. The molecule has 3 rings (SSSR count). The number of hydrogen-bond acceptors (Lipinski definition) is 3. The van der Waals surface area contributed by atoms with Crippen molar-refractivity contribution in [1.29, 1.82) is 0 Å². The van der Waals surface area contributed by atoms with Crippen molar-refractivity contribution in [3.05, 3.63) is 65.9 Å². The Hall–Kier alpha value is -2.99. The van der Waals surface area contributed by atoms with Gasteiger partial charge in [0.1, 0.15) is 5.75 Å². The van der Waals surface area contributed by atoms with Gasteiger partial charge in [-0.3, -0.25) is 0 Å². The van der Waals surface area contributed by atoms with Crippen LogP contribution < -0.4 is 15.4 Å². The monoisotopic (exact) mass is 380 g/mol. The summed E-state index contributed by atoms with van der Waals surface area (Å²) in [6.07, 6.45) is 2.79. The number of aromatic amines is 1. The number of aromatic nitrogens is 1. The van der Waals surface area contributed by atoms with Crippen LogP contribution in [-0.4, -0.2) is 50.2 Å². The van der Waals surface area contributed by atoms with Crippen LogP contribution in [0.2, 0.25) is 0 Å². The highest BCUT2D eigenvalue weighted by Gasteiger charge is 2.18. The van der Waals surface area contributed by atoms with E-state index in [1.807, 2.05) is 56.7 Å². The summed E-state index contributed by atoms with van der Waals surface area (Å²) in [5.74, 6) is 0.822. The van der Waals surface area contributed by atoms with Crippen molar-refractivity contribution >= 4 is 16.9 Å². The molecule has 0 saturated carbocycles. The van der Waals surface area contributed by atoms with Gasteiger partial charge in [0.25, 0.3) is 0 Å². The lowest BCUT2D eigenvalue weighted by Gasteiger charge is -2.26. The van der Waals surface area contributed by atoms with Crippen molar-refractivity contribution in [2.75, 3.05) is 34.3 Å². The van der Waals surface area contributed by atoms with Gasteiger partial charge in [0.2, 0.25) is 0 Å². The summed E-state index contributed by atoms with van der Waals surface area (Å²) in [5.41, 5.74) is 3.37. The molecule has 2 amide bonds. The summed E-state index contributed by atoms with van der Waals surface area (Å²) in [4.78, 5) is 17.6. The van der Waals surface area contributed by atoms with Crippen LogP contribution in [0.25, 0.3) is 10.9 Å². The van der Waals surface area contributed by atoms with E-state index in [2.05, 4.69) is 32.7 Å². The first kappa shape index (κ1) is 19.8. The number of H-pyrrole nitrogens is 1. The maximum Gasteiger partial charge on any atom is 0.314 e. The van der Waals surface area contributed by atoms with Crippen molar-refractivity contribution in [1.82, 2.24) is 20.5 Å². The zero-order valence-corrected chi connectivity index (χ0v) is 16.7. The fourth-order valence-electron chi connectivity index (χ4n) is 3.41. The van der Waals surface area contributed by atoms with Crippen molar-refractivity contribution in [3.63, 3.8) is 0 Å². The van der Waals surface area contributed by atoms with Crippen LogP contribution in [0.1, 0.15) is 17.2 Å². The summed E-state index contributed by atoms with van der Waals surface area (Å²) in [6, 6.07) is 15.9. The van der Waals surface area contributed by atoms with E-state index < -0.39 is 0 Å². The Balaban J connectivity index is 1.52. The maximum atomic E-state index is 12.3. The highest BCUT2D eigenvalue weighted by molar-refractivity contribution is 5.83. The molecule has 3 aromatic rings. The second-order valence-corrected chi connectivity index (χ2v) is 6.97. The number of amides is 2. The molecule has 0 bridgehead atoms. The zero-order chi connectivity index (χ0) is 19.9. The number of carbonyl (C=O) groups excluding carboxylic acids is 1. The van der Waals surface area contributed by atoms with Gasteiger partial charge in [0.05, 0.1) is 13.2 Å². The van der Waals surface area contributed by atoms with Crippen LogP contribution in [-0.2, 0) is 6.42 Å². The molecule has 0 spiro atoms. The summed E-state index contributed by atoms with van der Waals surface area (Å²) in [5, 5.41) is 7.12. The molecule has 1 unspecified atom stereocenters. The summed E-state index contributed by atoms with van der Waals surface area (Å²) in [7, 11) is 5.65. The van der Waals surface area contributed by atoms with Crippen LogP contribution in [0.15, 0.2) is 54.7 Å². The fraction of sp³-hybridized carbons (Fsp3) is 0.318. The number of rotatable bonds is 8. The van der Waals surface area contributed by atoms with E-state index in [0.29, 0.717) is 13.1 Å². The van der Waals surface area contributed by atoms with Gasteiger partial charge >= 0.3 is 6.03 Å². The molecular weight excluding hydrogens is 352 g/mol. The number of urea groups is 1. The molecule has 2 aromatic carbocycles. The normalized spacial score (nSPS) is 12.1. The van der Waals surface area contributed by atoms with Gasteiger partial charge in [-0.15, -0.1) is 0 Å². The first-order valence-electron chi connectivity index (χ1n) is 9.46. The number of nitrogens with zero attached hydrogens (tertiary/aromatic N) is 1. The molecule has 3 N–H and O–H groups in total. The Morgan fingerprint density at radius 1 is 1.11 bits per heavy atom. The Kier molecular flexibility index (Phi) is 6.55. The first-order valence-corrected chi connectivity index (χ1v) is 9.46. The average molecular weight is 380 g/mol. The smallest absolute Gasteiger partial charge is 0.314 e. The van der Waals surface area contributed by atoms with E-state index in [1.165, 1.54) is 10.9 Å². The number of benzene rings is 2. The van der Waals surface area contributed by atoms with Gasteiger partial charge in [-0.05, 0) is 38.2 Å². The quantitative estimate of drug-likeness (QED) is 0.561. The minimum absolute atomic E-state index is 0.0236.